The Bertz CT molecular complexity index is 582. The highest BCUT2D eigenvalue weighted by Crippen LogP contribution is 2.40. The molecule has 19 heavy (non-hydrogen) atoms. The number of aromatic nitrogens is 1. The minimum absolute atomic E-state index is 0.404. The summed E-state index contributed by atoms with van der Waals surface area (Å²) in [5, 5.41) is -0.881. The molecule has 104 valence electrons. The molecule has 0 saturated heterocycles. The fourth-order valence-corrected chi connectivity index (χ4v) is 5.19. The van der Waals surface area contributed by atoms with Gasteiger partial charge in [-0.1, -0.05) is 0 Å². The van der Waals surface area contributed by atoms with Gasteiger partial charge in [0.05, 0.1) is 13.6 Å². The Kier molecular flexibility index (Phi) is 4.68. The Balaban J connectivity index is 2.38. The fourth-order valence-electron chi connectivity index (χ4n) is 1.43. The van der Waals surface area contributed by atoms with Crippen LogP contribution in [0, 0.1) is 0 Å². The fraction of sp³-hybridized carbons (Fsp3) is 0.222. The van der Waals surface area contributed by atoms with E-state index in [-0.39, 0.29) is 0 Å². The summed E-state index contributed by atoms with van der Waals surface area (Å²) in [6, 6.07) is 1.26. The Morgan fingerprint density at radius 1 is 1.32 bits per heavy atom. The summed E-state index contributed by atoms with van der Waals surface area (Å²) in [5.74, 6) is 5.45. The van der Waals surface area contributed by atoms with Crippen molar-refractivity contribution in [3.8, 4) is 0 Å². The van der Waals surface area contributed by atoms with Crippen LogP contribution in [0.25, 0.3) is 0 Å². The molecule has 2 rings (SSSR count). The van der Waals surface area contributed by atoms with E-state index in [1.54, 1.807) is 6.07 Å². The molecular weight excluding hydrogens is 431 g/mol. The number of hydrogen-bond acceptors (Lipinski definition) is 5. The van der Waals surface area contributed by atoms with Crippen molar-refractivity contribution in [1.82, 2.24) is 10.4 Å². The molecule has 0 aliphatic heterocycles. The number of rotatable bonds is 3. The van der Waals surface area contributed by atoms with Crippen molar-refractivity contribution in [2.75, 3.05) is 0 Å². The average Bonchev–Trinajstić information content (AvgIpc) is 2.87. The predicted molar refractivity (Wildman–Crippen MR) is 76.0 cm³/mol. The van der Waals surface area contributed by atoms with E-state index in [0.717, 1.165) is 13.1 Å². The van der Waals surface area contributed by atoms with Crippen molar-refractivity contribution in [1.29, 1.82) is 0 Å². The number of thiophene rings is 1. The number of halogens is 5. The quantitative estimate of drug-likeness (QED) is 0.557. The van der Waals surface area contributed by atoms with Crippen LogP contribution >= 0.6 is 54.5 Å². The Morgan fingerprint density at radius 2 is 2.00 bits per heavy atom. The molecule has 2 heterocycles. The smallest absolute Gasteiger partial charge is 0.271 e. The van der Waals surface area contributed by atoms with Gasteiger partial charge in [-0.05, 0) is 37.9 Å². The standard InChI is InChI=1S/C9H6Br2F3N3S2/c10-5-1-3(7(11)19-5)6(17-15)4-2-16-8(18-4)9(12,13)14/h1-2,6,17H,15H2. The van der Waals surface area contributed by atoms with Crippen LogP contribution < -0.4 is 11.3 Å². The van der Waals surface area contributed by atoms with Crippen LogP contribution in [0.15, 0.2) is 19.8 Å². The van der Waals surface area contributed by atoms with Gasteiger partial charge in [0.2, 0.25) is 0 Å². The summed E-state index contributed by atoms with van der Waals surface area (Å²) in [4.78, 5) is 3.80. The minimum Gasteiger partial charge on any atom is -0.271 e. The maximum Gasteiger partial charge on any atom is 0.443 e. The number of nitrogens with one attached hydrogen (secondary N) is 1. The zero-order valence-electron chi connectivity index (χ0n) is 8.96. The van der Waals surface area contributed by atoms with Gasteiger partial charge in [-0.2, -0.15) is 13.2 Å². The Hall–Kier alpha value is -0.000000000000000333. The van der Waals surface area contributed by atoms with Crippen LogP contribution in [-0.4, -0.2) is 4.98 Å². The Labute approximate surface area is 131 Å². The number of hydrogen-bond donors (Lipinski definition) is 2. The number of thiazole rings is 1. The van der Waals surface area contributed by atoms with Crippen molar-refractivity contribution in [3.05, 3.63) is 35.3 Å². The molecule has 3 nitrogen and oxygen atoms in total. The molecule has 1 atom stereocenters. The van der Waals surface area contributed by atoms with Gasteiger partial charge in [-0.15, -0.1) is 22.7 Å². The minimum atomic E-state index is -4.44. The number of hydrazine groups is 1. The summed E-state index contributed by atoms with van der Waals surface area (Å²) in [5.41, 5.74) is 3.27. The van der Waals surface area contributed by atoms with Gasteiger partial charge < -0.3 is 0 Å². The zero-order chi connectivity index (χ0) is 14.2. The maximum atomic E-state index is 12.5. The Morgan fingerprint density at radius 3 is 2.42 bits per heavy atom. The molecule has 0 saturated carbocycles. The number of nitrogens with zero attached hydrogens (tertiary/aromatic N) is 1. The summed E-state index contributed by atoms with van der Waals surface area (Å²) in [6.07, 6.45) is -3.25. The van der Waals surface area contributed by atoms with Crippen molar-refractivity contribution in [3.63, 3.8) is 0 Å². The lowest BCUT2D eigenvalue weighted by Gasteiger charge is -2.12. The van der Waals surface area contributed by atoms with Crippen molar-refractivity contribution in [2.45, 2.75) is 12.2 Å². The molecule has 0 spiro atoms. The van der Waals surface area contributed by atoms with Crippen LogP contribution in [0.1, 0.15) is 21.5 Å². The van der Waals surface area contributed by atoms with Gasteiger partial charge in [0, 0.05) is 16.6 Å². The third-order valence-corrected chi connectivity index (χ3v) is 5.70. The lowest BCUT2D eigenvalue weighted by atomic mass is 10.1. The lowest BCUT2D eigenvalue weighted by Crippen LogP contribution is -2.28. The highest BCUT2D eigenvalue weighted by Gasteiger charge is 2.35. The normalized spacial score (nSPS) is 13.8. The molecular formula is C9H6Br2F3N3S2. The van der Waals surface area contributed by atoms with Crippen molar-refractivity contribution >= 4 is 54.5 Å². The van der Waals surface area contributed by atoms with Crippen LogP contribution in [0.5, 0.6) is 0 Å². The van der Waals surface area contributed by atoms with Gasteiger partial charge in [-0.3, -0.25) is 5.84 Å². The van der Waals surface area contributed by atoms with Crippen LogP contribution in [0.4, 0.5) is 13.2 Å². The van der Waals surface area contributed by atoms with Gasteiger partial charge in [-0.25, -0.2) is 10.4 Å². The third kappa shape index (κ3) is 3.37. The molecule has 0 fully saturated rings. The van der Waals surface area contributed by atoms with Crippen LogP contribution in [0.3, 0.4) is 0 Å². The third-order valence-electron chi connectivity index (χ3n) is 2.21. The first-order valence-electron chi connectivity index (χ1n) is 4.76. The van der Waals surface area contributed by atoms with Gasteiger partial charge in [0.1, 0.15) is 0 Å². The molecule has 3 N–H and O–H groups in total. The lowest BCUT2D eigenvalue weighted by molar-refractivity contribution is -0.137. The topological polar surface area (TPSA) is 50.9 Å². The molecule has 0 bridgehead atoms. The van der Waals surface area contributed by atoms with Crippen LogP contribution in [-0.2, 0) is 6.18 Å². The highest BCUT2D eigenvalue weighted by molar-refractivity contribution is 9.12. The highest BCUT2D eigenvalue weighted by atomic mass is 79.9. The molecule has 0 aliphatic carbocycles. The van der Waals surface area contributed by atoms with E-state index in [4.69, 9.17) is 5.84 Å². The molecule has 0 aromatic carbocycles. The van der Waals surface area contributed by atoms with Crippen LogP contribution in [0.2, 0.25) is 0 Å². The van der Waals surface area contributed by atoms with E-state index < -0.39 is 17.2 Å². The molecule has 0 aliphatic rings. The molecule has 0 amide bonds. The second-order valence-electron chi connectivity index (χ2n) is 3.44. The summed E-state index contributed by atoms with van der Waals surface area (Å²) >= 11 is 8.67. The number of nitrogens with two attached hydrogens (primary N) is 1. The van der Waals surface area contributed by atoms with E-state index in [9.17, 15) is 13.2 Å². The van der Waals surface area contributed by atoms with E-state index in [2.05, 4.69) is 42.3 Å². The number of alkyl halides is 3. The molecule has 2 aromatic rings. The summed E-state index contributed by atoms with van der Waals surface area (Å²) < 4.78 is 39.3. The maximum absolute atomic E-state index is 12.5. The van der Waals surface area contributed by atoms with E-state index in [0.29, 0.717) is 16.2 Å². The SMILES string of the molecule is NNC(c1cnc(C(F)(F)F)s1)c1cc(Br)sc1Br. The van der Waals surface area contributed by atoms with Crippen molar-refractivity contribution in [2.24, 2.45) is 5.84 Å². The predicted octanol–water partition coefficient (Wildman–Crippen LogP) is 4.30. The molecule has 0 radical (unpaired) electrons. The largest absolute Gasteiger partial charge is 0.443 e. The molecule has 10 heteroatoms. The summed E-state index contributed by atoms with van der Waals surface area (Å²) in [7, 11) is 0. The monoisotopic (exact) mass is 435 g/mol. The van der Waals surface area contributed by atoms with Gasteiger partial charge in [0.25, 0.3) is 0 Å². The second-order valence-corrected chi connectivity index (χ2v) is 8.26. The zero-order valence-corrected chi connectivity index (χ0v) is 13.8. The van der Waals surface area contributed by atoms with Gasteiger partial charge in [0.15, 0.2) is 5.01 Å². The van der Waals surface area contributed by atoms with Crippen molar-refractivity contribution < 1.29 is 13.2 Å². The van der Waals surface area contributed by atoms with Gasteiger partial charge >= 0.3 is 6.18 Å². The average molecular weight is 437 g/mol. The second kappa shape index (κ2) is 5.78. The first kappa shape index (κ1) is 15.4. The first-order valence-corrected chi connectivity index (χ1v) is 7.98. The first-order chi connectivity index (χ1) is 8.82. The van der Waals surface area contributed by atoms with E-state index in [1.165, 1.54) is 17.5 Å². The van der Waals surface area contributed by atoms with E-state index >= 15 is 0 Å². The molecule has 1 unspecified atom stereocenters. The van der Waals surface area contributed by atoms with E-state index in [1.807, 2.05) is 0 Å². The summed E-state index contributed by atoms with van der Waals surface area (Å²) in [6.45, 7) is 0. The molecule has 2 aromatic heterocycles.